The van der Waals surface area contributed by atoms with Crippen molar-refractivity contribution in [1.29, 1.82) is 0 Å². The molecule has 1 aromatic heterocycles. The molecule has 2 N–H and O–H groups in total. The zero-order valence-electron chi connectivity index (χ0n) is 20.3. The van der Waals surface area contributed by atoms with Crippen LogP contribution in [0.3, 0.4) is 0 Å². The highest BCUT2D eigenvalue weighted by molar-refractivity contribution is 7.91. The number of nitrogens with zero attached hydrogens (tertiary/aromatic N) is 1. The summed E-state index contributed by atoms with van der Waals surface area (Å²) in [4.78, 5) is 28.4. The Kier molecular flexibility index (Phi) is 7.23. The predicted molar refractivity (Wildman–Crippen MR) is 138 cm³/mol. The molecular weight excluding hydrogens is 574 g/mol. The minimum absolute atomic E-state index is 0.0234. The maximum absolute atomic E-state index is 14.5. The van der Waals surface area contributed by atoms with Crippen molar-refractivity contribution in [3.05, 3.63) is 72.0 Å². The van der Waals surface area contributed by atoms with Crippen molar-refractivity contribution in [2.75, 3.05) is 10.6 Å². The van der Waals surface area contributed by atoms with Crippen molar-refractivity contribution < 1.29 is 40.3 Å². The van der Waals surface area contributed by atoms with Gasteiger partial charge in [0.2, 0.25) is 21.7 Å². The summed E-state index contributed by atoms with van der Waals surface area (Å²) >= 11 is 1.12. The first kappa shape index (κ1) is 27.5. The molecule has 0 radical (unpaired) electrons. The van der Waals surface area contributed by atoms with Crippen molar-refractivity contribution >= 4 is 54.0 Å². The lowest BCUT2D eigenvalue weighted by molar-refractivity contribution is -0.274. The van der Waals surface area contributed by atoms with Crippen LogP contribution in [0, 0.1) is 11.7 Å². The van der Waals surface area contributed by atoms with Crippen LogP contribution in [0.2, 0.25) is 0 Å². The largest absolute Gasteiger partial charge is 0.573 e. The number of carbonyl (C=O) groups is 2. The van der Waals surface area contributed by atoms with Gasteiger partial charge in [0.1, 0.15) is 11.6 Å². The van der Waals surface area contributed by atoms with E-state index < -0.39 is 45.8 Å². The van der Waals surface area contributed by atoms with Gasteiger partial charge in [-0.3, -0.25) is 9.59 Å². The summed E-state index contributed by atoms with van der Waals surface area (Å²) in [6.45, 7) is 0. The molecule has 0 bridgehead atoms. The van der Waals surface area contributed by atoms with E-state index in [2.05, 4.69) is 20.4 Å². The quantitative estimate of drug-likeness (QED) is 0.200. The van der Waals surface area contributed by atoms with Crippen LogP contribution in [-0.2, 0) is 25.8 Å². The van der Waals surface area contributed by atoms with Gasteiger partial charge in [-0.1, -0.05) is 23.5 Å². The molecule has 8 nitrogen and oxygen atoms in total. The van der Waals surface area contributed by atoms with E-state index in [0.717, 1.165) is 54.5 Å². The molecule has 40 heavy (non-hydrogen) atoms. The van der Waals surface area contributed by atoms with Gasteiger partial charge in [0, 0.05) is 5.92 Å². The van der Waals surface area contributed by atoms with Crippen LogP contribution in [0.25, 0.3) is 10.2 Å². The number of hydrogen-bond acceptors (Lipinski definition) is 7. The number of nitrogens with one attached hydrogen (secondary N) is 2. The molecule has 1 aliphatic rings. The van der Waals surface area contributed by atoms with E-state index in [4.69, 9.17) is 0 Å². The Morgan fingerprint density at radius 2 is 1.73 bits per heavy atom. The summed E-state index contributed by atoms with van der Waals surface area (Å²) in [6.07, 6.45) is -3.69. The van der Waals surface area contributed by atoms with E-state index >= 15 is 0 Å². The molecule has 0 unspecified atom stereocenters. The van der Waals surface area contributed by atoms with Gasteiger partial charge in [0.05, 0.1) is 32.1 Å². The van der Waals surface area contributed by atoms with Crippen LogP contribution < -0.4 is 15.4 Å². The van der Waals surface area contributed by atoms with Crippen LogP contribution in [0.15, 0.2) is 70.5 Å². The van der Waals surface area contributed by atoms with Gasteiger partial charge in [-0.25, -0.2) is 17.8 Å². The predicted octanol–water partition coefficient (Wildman–Crippen LogP) is 5.70. The van der Waals surface area contributed by atoms with Crippen molar-refractivity contribution in [3.8, 4) is 5.75 Å². The number of halogens is 4. The third-order valence-corrected chi connectivity index (χ3v) is 8.55. The van der Waals surface area contributed by atoms with Gasteiger partial charge in [0.15, 0.2) is 5.13 Å². The smallest absolute Gasteiger partial charge is 0.406 e. The molecule has 0 spiro atoms. The van der Waals surface area contributed by atoms with Crippen molar-refractivity contribution in [2.45, 2.75) is 35.4 Å². The second-order valence-electron chi connectivity index (χ2n) is 8.98. The molecule has 3 aromatic carbocycles. The molecule has 1 fully saturated rings. The minimum atomic E-state index is -4.91. The van der Waals surface area contributed by atoms with Crippen LogP contribution in [0.1, 0.15) is 18.4 Å². The Labute approximate surface area is 228 Å². The molecule has 2 amide bonds. The second kappa shape index (κ2) is 10.5. The topological polar surface area (TPSA) is 114 Å². The van der Waals surface area contributed by atoms with E-state index in [1.807, 2.05) is 0 Å². The Morgan fingerprint density at radius 1 is 1.00 bits per heavy atom. The SMILES string of the molecule is O=C(Cc1cccc(OC(F)(F)F)c1)Nc1cc(S(=O)(=O)c2ccc3nc(NC(=O)C4CC4)sc3c2)ccc1F. The number of benzene rings is 3. The lowest BCUT2D eigenvalue weighted by Gasteiger charge is -2.11. The number of fused-ring (bicyclic) bond motifs is 1. The zero-order valence-corrected chi connectivity index (χ0v) is 21.9. The van der Waals surface area contributed by atoms with Gasteiger partial charge in [-0.15, -0.1) is 13.2 Å². The minimum Gasteiger partial charge on any atom is -0.406 e. The number of thiazole rings is 1. The molecule has 14 heteroatoms. The molecule has 208 valence electrons. The van der Waals surface area contributed by atoms with Crippen molar-refractivity contribution in [3.63, 3.8) is 0 Å². The average molecular weight is 594 g/mol. The summed E-state index contributed by atoms with van der Waals surface area (Å²) in [5.41, 5.74) is 0.235. The lowest BCUT2D eigenvalue weighted by Crippen LogP contribution is -2.18. The first-order valence-electron chi connectivity index (χ1n) is 11.8. The number of ether oxygens (including phenoxy) is 1. The number of rotatable bonds is 8. The van der Waals surface area contributed by atoms with Crippen molar-refractivity contribution in [2.24, 2.45) is 5.92 Å². The Hall–Kier alpha value is -4.04. The summed E-state index contributed by atoms with van der Waals surface area (Å²) in [5, 5.41) is 5.34. The number of carbonyl (C=O) groups excluding carboxylic acids is 2. The van der Waals surface area contributed by atoms with Crippen molar-refractivity contribution in [1.82, 2.24) is 4.98 Å². The van der Waals surface area contributed by atoms with Crippen LogP contribution in [0.5, 0.6) is 5.75 Å². The Morgan fingerprint density at radius 3 is 2.45 bits per heavy atom. The lowest BCUT2D eigenvalue weighted by atomic mass is 10.1. The fraction of sp³-hybridized carbons (Fsp3) is 0.192. The highest BCUT2D eigenvalue weighted by Gasteiger charge is 2.31. The molecule has 0 saturated heterocycles. The van der Waals surface area contributed by atoms with Gasteiger partial charge in [-0.2, -0.15) is 0 Å². The first-order chi connectivity index (χ1) is 18.9. The maximum atomic E-state index is 14.5. The number of alkyl halides is 3. The number of hydrogen-bond donors (Lipinski definition) is 2. The van der Waals surface area contributed by atoms with Crippen LogP contribution in [-0.4, -0.2) is 31.6 Å². The maximum Gasteiger partial charge on any atom is 0.573 e. The summed E-state index contributed by atoms with van der Waals surface area (Å²) in [6, 6.07) is 11.9. The molecule has 5 rings (SSSR count). The highest BCUT2D eigenvalue weighted by Crippen LogP contribution is 2.34. The van der Waals surface area contributed by atoms with E-state index in [9.17, 15) is 35.6 Å². The van der Waals surface area contributed by atoms with Crippen LogP contribution >= 0.6 is 11.3 Å². The van der Waals surface area contributed by atoms with E-state index in [1.54, 1.807) is 0 Å². The summed E-state index contributed by atoms with van der Waals surface area (Å²) in [7, 11) is -4.15. The Bertz CT molecular complexity index is 1730. The first-order valence-corrected chi connectivity index (χ1v) is 14.1. The standard InChI is InChI=1S/C26H19F4N3O5S2/c27-19-8-6-17(12-21(19)31-23(34)11-14-2-1-3-16(10-14)38-26(28,29)30)40(36,37)18-7-9-20-22(13-18)39-25(32-20)33-24(35)15-4-5-15/h1-3,6-10,12-13,15H,4-5,11H2,(H,31,34)(H,32,33,35). The number of anilines is 2. The van der Waals surface area contributed by atoms with Gasteiger partial charge in [0.25, 0.3) is 0 Å². The Balaban J connectivity index is 1.33. The molecule has 1 aliphatic carbocycles. The third kappa shape index (κ3) is 6.39. The monoisotopic (exact) mass is 593 g/mol. The van der Waals surface area contributed by atoms with Gasteiger partial charge in [-0.05, 0) is 66.9 Å². The fourth-order valence-electron chi connectivity index (χ4n) is 3.81. The average Bonchev–Trinajstić information content (AvgIpc) is 3.64. The van der Waals surface area contributed by atoms with Gasteiger partial charge < -0.3 is 15.4 Å². The number of amides is 2. The molecule has 4 aromatic rings. The molecule has 1 heterocycles. The fourth-order valence-corrected chi connectivity index (χ4v) is 6.11. The highest BCUT2D eigenvalue weighted by atomic mass is 32.2. The summed E-state index contributed by atoms with van der Waals surface area (Å²) in [5.74, 6) is -2.37. The molecule has 0 aliphatic heterocycles. The number of sulfone groups is 1. The molecular formula is C26H19F4N3O5S2. The third-order valence-electron chi connectivity index (χ3n) is 5.87. The van der Waals surface area contributed by atoms with Gasteiger partial charge >= 0.3 is 6.36 Å². The zero-order chi connectivity index (χ0) is 28.7. The van der Waals surface area contributed by atoms with Crippen LogP contribution in [0.4, 0.5) is 28.4 Å². The number of aromatic nitrogens is 1. The van der Waals surface area contributed by atoms with E-state index in [-0.39, 0.29) is 27.2 Å². The molecule has 0 atom stereocenters. The second-order valence-corrected chi connectivity index (χ2v) is 12.0. The van der Waals surface area contributed by atoms with E-state index in [1.165, 1.54) is 30.3 Å². The summed E-state index contributed by atoms with van der Waals surface area (Å²) < 4.78 is 82.9. The van der Waals surface area contributed by atoms with E-state index in [0.29, 0.717) is 15.3 Å². The normalized spacial score (nSPS) is 13.7. The molecule has 1 saturated carbocycles.